The molecule has 2 rings (SSSR count). The number of nitrogens with zero attached hydrogens (tertiary/aromatic N) is 1. The molecule has 0 spiro atoms. The summed E-state index contributed by atoms with van der Waals surface area (Å²) >= 11 is 0. The summed E-state index contributed by atoms with van der Waals surface area (Å²) in [5.41, 5.74) is -0.195. The topological polar surface area (TPSA) is 38.8 Å². The van der Waals surface area contributed by atoms with Gasteiger partial charge in [0.2, 0.25) is 0 Å². The Kier molecular flexibility index (Phi) is 6.09. The highest BCUT2D eigenvalue weighted by atomic mass is 19.1. The highest BCUT2D eigenvalue weighted by Gasteiger charge is 2.43. The van der Waals surface area contributed by atoms with Gasteiger partial charge < -0.3 is 14.4 Å². The Hall–Kier alpha value is -1.62. The molecule has 0 N–H and O–H groups in total. The van der Waals surface area contributed by atoms with Crippen LogP contribution in [-0.2, 0) is 15.9 Å². The summed E-state index contributed by atoms with van der Waals surface area (Å²) in [6, 6.07) is 6.83. The van der Waals surface area contributed by atoms with Crippen LogP contribution < -0.4 is 0 Å². The Labute approximate surface area is 150 Å². The average Bonchev–Trinajstić information content (AvgIpc) is 2.55. The Morgan fingerprint density at radius 1 is 1.36 bits per heavy atom. The SMILES string of the molecule is COC(C)C1(Cc2ccccc2F)CCCN(C(=O)OC(C)(C)C)C1. The second-order valence-electron chi connectivity index (χ2n) is 8.01. The molecule has 1 aromatic carbocycles. The van der Waals surface area contributed by atoms with E-state index < -0.39 is 5.60 Å². The molecule has 2 unspecified atom stereocenters. The zero-order valence-electron chi connectivity index (χ0n) is 16.0. The van der Waals surface area contributed by atoms with Crippen molar-refractivity contribution in [2.45, 2.75) is 58.7 Å². The Balaban J connectivity index is 2.24. The Bertz CT molecular complexity index is 599. The minimum Gasteiger partial charge on any atom is -0.444 e. The van der Waals surface area contributed by atoms with E-state index in [1.165, 1.54) is 6.07 Å². The molecule has 1 saturated heterocycles. The first-order valence-corrected chi connectivity index (χ1v) is 8.91. The minimum absolute atomic E-state index is 0.0997. The van der Waals surface area contributed by atoms with Gasteiger partial charge in [-0.3, -0.25) is 0 Å². The van der Waals surface area contributed by atoms with Gasteiger partial charge in [0.25, 0.3) is 0 Å². The largest absolute Gasteiger partial charge is 0.444 e. The highest BCUT2D eigenvalue weighted by molar-refractivity contribution is 5.68. The van der Waals surface area contributed by atoms with Crippen LogP contribution in [0.1, 0.15) is 46.1 Å². The molecule has 0 aromatic heterocycles. The molecule has 5 heteroatoms. The van der Waals surface area contributed by atoms with Crippen molar-refractivity contribution in [2.75, 3.05) is 20.2 Å². The van der Waals surface area contributed by atoms with Crippen LogP contribution in [0.25, 0.3) is 0 Å². The number of methoxy groups -OCH3 is 1. The van der Waals surface area contributed by atoms with Crippen molar-refractivity contribution in [3.63, 3.8) is 0 Å². The zero-order valence-corrected chi connectivity index (χ0v) is 16.0. The number of benzene rings is 1. The van der Waals surface area contributed by atoms with Crippen molar-refractivity contribution in [3.8, 4) is 0 Å². The maximum absolute atomic E-state index is 14.2. The molecule has 25 heavy (non-hydrogen) atoms. The smallest absolute Gasteiger partial charge is 0.410 e. The van der Waals surface area contributed by atoms with Gasteiger partial charge in [0, 0.05) is 25.6 Å². The summed E-state index contributed by atoms with van der Waals surface area (Å²) in [5.74, 6) is -0.209. The van der Waals surface area contributed by atoms with Crippen molar-refractivity contribution in [1.82, 2.24) is 4.90 Å². The molecule has 0 bridgehead atoms. The number of likely N-dealkylation sites (tertiary alicyclic amines) is 1. The fourth-order valence-corrected chi connectivity index (χ4v) is 3.53. The molecule has 2 atom stereocenters. The second-order valence-corrected chi connectivity index (χ2v) is 8.01. The molecule has 1 fully saturated rings. The van der Waals surface area contributed by atoms with E-state index in [-0.39, 0.29) is 23.4 Å². The first-order chi connectivity index (χ1) is 11.7. The van der Waals surface area contributed by atoms with E-state index in [0.717, 1.165) is 12.8 Å². The number of carbonyl (C=O) groups excluding carboxylic acids is 1. The molecule has 140 valence electrons. The van der Waals surface area contributed by atoms with Gasteiger partial charge in [0.15, 0.2) is 0 Å². The van der Waals surface area contributed by atoms with Crippen LogP contribution in [0, 0.1) is 11.2 Å². The third-order valence-electron chi connectivity index (χ3n) is 4.98. The molecule has 1 aliphatic rings. The van der Waals surface area contributed by atoms with Crippen LogP contribution in [-0.4, -0.2) is 42.9 Å². The fraction of sp³-hybridized carbons (Fsp3) is 0.650. The van der Waals surface area contributed by atoms with Crippen LogP contribution in [0.4, 0.5) is 9.18 Å². The normalized spacial score (nSPS) is 22.6. The summed E-state index contributed by atoms with van der Waals surface area (Å²) in [6.07, 6.45) is 1.86. The van der Waals surface area contributed by atoms with Gasteiger partial charge in [-0.1, -0.05) is 18.2 Å². The van der Waals surface area contributed by atoms with Gasteiger partial charge in [0.05, 0.1) is 6.10 Å². The summed E-state index contributed by atoms with van der Waals surface area (Å²) in [5, 5.41) is 0. The number of rotatable bonds is 4. The second kappa shape index (κ2) is 7.73. The number of amides is 1. The van der Waals surface area contributed by atoms with Crippen LogP contribution in [0.5, 0.6) is 0 Å². The van der Waals surface area contributed by atoms with E-state index >= 15 is 0 Å². The Morgan fingerprint density at radius 2 is 2.04 bits per heavy atom. The van der Waals surface area contributed by atoms with E-state index in [1.54, 1.807) is 18.1 Å². The number of hydrogen-bond donors (Lipinski definition) is 0. The van der Waals surface area contributed by atoms with Gasteiger partial charge in [-0.05, 0) is 58.6 Å². The molecule has 0 aliphatic carbocycles. The maximum Gasteiger partial charge on any atom is 0.410 e. The van der Waals surface area contributed by atoms with Crippen molar-refractivity contribution in [1.29, 1.82) is 0 Å². The summed E-state index contributed by atoms with van der Waals surface area (Å²) < 4.78 is 25.4. The number of carbonyl (C=O) groups is 1. The molecule has 1 aliphatic heterocycles. The van der Waals surface area contributed by atoms with Crippen molar-refractivity contribution < 1.29 is 18.7 Å². The van der Waals surface area contributed by atoms with Crippen LogP contribution in [0.15, 0.2) is 24.3 Å². The fourth-order valence-electron chi connectivity index (χ4n) is 3.53. The molecule has 0 radical (unpaired) electrons. The first kappa shape index (κ1) is 19.7. The standard InChI is InChI=1S/C20H30FNO3/c1-15(24-5)20(13-16-9-6-7-10-17(16)21)11-8-12-22(14-20)18(23)25-19(2,3)4/h6-7,9-10,15H,8,11-14H2,1-5H3. The lowest BCUT2D eigenvalue weighted by Gasteiger charge is -2.46. The van der Waals surface area contributed by atoms with Gasteiger partial charge in [-0.25, -0.2) is 9.18 Å². The van der Waals surface area contributed by atoms with E-state index in [1.807, 2.05) is 39.8 Å². The number of hydrogen-bond acceptors (Lipinski definition) is 3. The number of halogens is 1. The summed E-state index contributed by atoms with van der Waals surface area (Å²) in [7, 11) is 1.67. The highest BCUT2D eigenvalue weighted by Crippen LogP contribution is 2.39. The number of piperidine rings is 1. The lowest BCUT2D eigenvalue weighted by Crippen LogP contribution is -2.53. The third-order valence-corrected chi connectivity index (χ3v) is 4.98. The van der Waals surface area contributed by atoms with Crippen LogP contribution >= 0.6 is 0 Å². The summed E-state index contributed by atoms with van der Waals surface area (Å²) in [4.78, 5) is 14.3. The van der Waals surface area contributed by atoms with E-state index in [2.05, 4.69) is 0 Å². The van der Waals surface area contributed by atoms with E-state index in [4.69, 9.17) is 9.47 Å². The first-order valence-electron chi connectivity index (χ1n) is 8.91. The third kappa shape index (κ3) is 4.94. The zero-order chi connectivity index (χ0) is 18.7. The molecule has 1 amide bonds. The van der Waals surface area contributed by atoms with Gasteiger partial charge >= 0.3 is 6.09 Å². The van der Waals surface area contributed by atoms with E-state index in [0.29, 0.717) is 25.1 Å². The molecule has 1 heterocycles. The molecule has 1 aromatic rings. The minimum atomic E-state index is -0.532. The predicted molar refractivity (Wildman–Crippen MR) is 96.0 cm³/mol. The van der Waals surface area contributed by atoms with Gasteiger partial charge in [0.1, 0.15) is 11.4 Å². The van der Waals surface area contributed by atoms with Crippen molar-refractivity contribution in [2.24, 2.45) is 5.41 Å². The average molecular weight is 351 g/mol. The van der Waals surface area contributed by atoms with Gasteiger partial charge in [-0.15, -0.1) is 0 Å². The lowest BCUT2D eigenvalue weighted by molar-refractivity contribution is -0.0525. The van der Waals surface area contributed by atoms with Crippen molar-refractivity contribution in [3.05, 3.63) is 35.6 Å². The molecule has 4 nitrogen and oxygen atoms in total. The van der Waals surface area contributed by atoms with Crippen molar-refractivity contribution >= 4 is 6.09 Å². The quantitative estimate of drug-likeness (QED) is 0.806. The molecule has 0 saturated carbocycles. The van der Waals surface area contributed by atoms with Crippen LogP contribution in [0.2, 0.25) is 0 Å². The number of ether oxygens (including phenoxy) is 2. The maximum atomic E-state index is 14.2. The molecular weight excluding hydrogens is 321 g/mol. The molecular formula is C20H30FNO3. The Morgan fingerprint density at radius 3 is 2.64 bits per heavy atom. The predicted octanol–water partition coefficient (Wildman–Crippen LogP) is 4.42. The van der Waals surface area contributed by atoms with Gasteiger partial charge in [-0.2, -0.15) is 0 Å². The van der Waals surface area contributed by atoms with E-state index in [9.17, 15) is 9.18 Å². The lowest BCUT2D eigenvalue weighted by atomic mass is 9.71. The monoisotopic (exact) mass is 351 g/mol. The van der Waals surface area contributed by atoms with Crippen LogP contribution in [0.3, 0.4) is 0 Å². The summed E-state index contributed by atoms with van der Waals surface area (Å²) in [6.45, 7) is 8.74.